The highest BCUT2D eigenvalue weighted by molar-refractivity contribution is 6.32. The summed E-state index contributed by atoms with van der Waals surface area (Å²) < 4.78 is 10.8. The lowest BCUT2D eigenvalue weighted by atomic mass is 10.1. The molecule has 0 saturated carbocycles. The van der Waals surface area contributed by atoms with Gasteiger partial charge in [0.15, 0.2) is 6.10 Å². The predicted octanol–water partition coefficient (Wildman–Crippen LogP) is 2.30. The summed E-state index contributed by atoms with van der Waals surface area (Å²) in [6.45, 7) is 0.338. The molecule has 2 aromatic rings. The van der Waals surface area contributed by atoms with E-state index in [-0.39, 0.29) is 24.9 Å². The molecule has 0 saturated heterocycles. The van der Waals surface area contributed by atoms with Gasteiger partial charge in [0.1, 0.15) is 11.5 Å². The Morgan fingerprint density at radius 3 is 2.78 bits per heavy atom. The van der Waals surface area contributed by atoms with Crippen molar-refractivity contribution in [2.45, 2.75) is 6.10 Å². The molecule has 1 aliphatic heterocycles. The van der Waals surface area contributed by atoms with E-state index in [1.807, 2.05) is 23.1 Å². The highest BCUT2D eigenvalue weighted by atomic mass is 35.5. The van der Waals surface area contributed by atoms with Gasteiger partial charge in [-0.05, 0) is 30.3 Å². The van der Waals surface area contributed by atoms with Gasteiger partial charge >= 0.3 is 0 Å². The molecule has 0 aliphatic carbocycles. The molecule has 7 nitrogen and oxygen atoms in total. The Morgan fingerprint density at radius 2 is 2.07 bits per heavy atom. The number of benzene rings is 2. The zero-order chi connectivity index (χ0) is 19.4. The van der Waals surface area contributed by atoms with Crippen molar-refractivity contribution < 1.29 is 19.1 Å². The van der Waals surface area contributed by atoms with Gasteiger partial charge in [-0.15, -0.1) is 0 Å². The van der Waals surface area contributed by atoms with Gasteiger partial charge in [0.25, 0.3) is 5.91 Å². The number of likely N-dealkylation sites (N-methyl/N-ethyl adjacent to an activating group) is 1. The molecule has 2 amide bonds. The second-order valence-corrected chi connectivity index (χ2v) is 6.37. The Hall–Kier alpha value is -2.93. The largest absolute Gasteiger partial charge is 0.495 e. The van der Waals surface area contributed by atoms with E-state index in [1.54, 1.807) is 31.3 Å². The maximum absolute atomic E-state index is 12.5. The molecule has 0 radical (unpaired) electrons. The summed E-state index contributed by atoms with van der Waals surface area (Å²) >= 11 is 6.09. The fraction of sp³-hybridized carbons (Fsp3) is 0.263. The minimum Gasteiger partial charge on any atom is -0.495 e. The van der Waals surface area contributed by atoms with Gasteiger partial charge in [0.2, 0.25) is 5.91 Å². The maximum atomic E-state index is 12.5. The average molecular weight is 390 g/mol. The number of amides is 2. The summed E-state index contributed by atoms with van der Waals surface area (Å²) in [6, 6.07) is 12.3. The van der Waals surface area contributed by atoms with E-state index in [9.17, 15) is 9.59 Å². The number of ether oxygens (including phenoxy) is 2. The van der Waals surface area contributed by atoms with Crippen LogP contribution < -0.4 is 25.0 Å². The molecule has 1 heterocycles. The standard InChI is InChI=1S/C19H20ClN3O4/c1-21-19(25)17-10-23(14-5-3-4-6-16(14)27-17)11-18(24)22-12-7-8-15(26-2)13(20)9-12/h3-9,17H,10-11H2,1-2H3,(H,21,25)(H,22,24). The molecule has 0 spiro atoms. The lowest BCUT2D eigenvalue weighted by Crippen LogP contribution is -2.50. The molecule has 0 bridgehead atoms. The number of hydrogen-bond donors (Lipinski definition) is 2. The first-order chi connectivity index (χ1) is 13.0. The van der Waals surface area contributed by atoms with Crippen LogP contribution in [-0.4, -0.2) is 45.2 Å². The summed E-state index contributed by atoms with van der Waals surface area (Å²) in [5.41, 5.74) is 1.33. The molecule has 8 heteroatoms. The minimum atomic E-state index is -0.687. The molecule has 142 valence electrons. The third-order valence-corrected chi connectivity index (χ3v) is 4.47. The summed E-state index contributed by atoms with van der Waals surface area (Å²) in [7, 11) is 3.08. The molecular formula is C19H20ClN3O4. The first-order valence-corrected chi connectivity index (χ1v) is 8.75. The highest BCUT2D eigenvalue weighted by Crippen LogP contribution is 2.33. The van der Waals surface area contributed by atoms with E-state index in [1.165, 1.54) is 7.11 Å². The number of anilines is 2. The molecule has 2 N–H and O–H groups in total. The number of fused-ring (bicyclic) bond motifs is 1. The van der Waals surface area contributed by atoms with E-state index in [0.29, 0.717) is 22.2 Å². The van der Waals surface area contributed by atoms with Crippen molar-refractivity contribution in [1.29, 1.82) is 0 Å². The Morgan fingerprint density at radius 1 is 1.30 bits per heavy atom. The molecule has 0 aromatic heterocycles. The van der Waals surface area contributed by atoms with Crippen molar-refractivity contribution in [2.75, 3.05) is 37.5 Å². The molecule has 2 aromatic carbocycles. The van der Waals surface area contributed by atoms with Gasteiger partial charge in [-0.3, -0.25) is 9.59 Å². The van der Waals surface area contributed by atoms with E-state index in [2.05, 4.69) is 10.6 Å². The van der Waals surface area contributed by atoms with Crippen LogP contribution in [0.1, 0.15) is 0 Å². The Kier molecular flexibility index (Phi) is 5.71. The maximum Gasteiger partial charge on any atom is 0.262 e. The Bertz CT molecular complexity index is 859. The molecule has 1 unspecified atom stereocenters. The van der Waals surface area contributed by atoms with Gasteiger partial charge < -0.3 is 25.0 Å². The van der Waals surface area contributed by atoms with Crippen LogP contribution in [0, 0.1) is 0 Å². The van der Waals surface area contributed by atoms with Gasteiger partial charge in [-0.25, -0.2) is 0 Å². The second-order valence-electron chi connectivity index (χ2n) is 5.97. The normalized spacial score (nSPS) is 15.4. The average Bonchev–Trinajstić information content (AvgIpc) is 2.67. The number of halogens is 1. The van der Waals surface area contributed by atoms with Crippen molar-refractivity contribution >= 4 is 34.8 Å². The summed E-state index contributed by atoms with van der Waals surface area (Å²) in [4.78, 5) is 26.4. The first kappa shape index (κ1) is 18.8. The Labute approximate surface area is 162 Å². The number of hydrogen-bond acceptors (Lipinski definition) is 5. The lowest BCUT2D eigenvalue weighted by molar-refractivity contribution is -0.127. The van der Waals surface area contributed by atoms with Crippen LogP contribution in [-0.2, 0) is 9.59 Å². The lowest BCUT2D eigenvalue weighted by Gasteiger charge is -2.35. The number of rotatable bonds is 5. The number of nitrogens with one attached hydrogen (secondary N) is 2. The highest BCUT2D eigenvalue weighted by Gasteiger charge is 2.31. The fourth-order valence-electron chi connectivity index (χ4n) is 2.87. The number of carbonyl (C=O) groups excluding carboxylic acids is 2. The van der Waals surface area contributed by atoms with Crippen LogP contribution in [0.4, 0.5) is 11.4 Å². The van der Waals surface area contributed by atoms with Gasteiger partial charge in [-0.1, -0.05) is 23.7 Å². The van der Waals surface area contributed by atoms with Crippen LogP contribution in [0.15, 0.2) is 42.5 Å². The van der Waals surface area contributed by atoms with E-state index in [0.717, 1.165) is 5.69 Å². The smallest absolute Gasteiger partial charge is 0.262 e. The molecule has 0 fully saturated rings. The van der Waals surface area contributed by atoms with Crippen LogP contribution in [0.2, 0.25) is 5.02 Å². The van der Waals surface area contributed by atoms with Crippen molar-refractivity contribution in [1.82, 2.24) is 5.32 Å². The molecule has 1 atom stereocenters. The van der Waals surface area contributed by atoms with Crippen LogP contribution >= 0.6 is 11.6 Å². The summed E-state index contributed by atoms with van der Waals surface area (Å²) in [5.74, 6) is 0.628. The summed E-state index contributed by atoms with van der Waals surface area (Å²) in [5, 5.41) is 5.80. The Balaban J connectivity index is 1.74. The molecule has 3 rings (SSSR count). The predicted molar refractivity (Wildman–Crippen MR) is 104 cm³/mol. The topological polar surface area (TPSA) is 79.9 Å². The number of methoxy groups -OCH3 is 1. The van der Waals surface area contributed by atoms with E-state index < -0.39 is 6.10 Å². The second kappa shape index (κ2) is 8.18. The van der Waals surface area contributed by atoms with Crippen LogP contribution in [0.25, 0.3) is 0 Å². The summed E-state index contributed by atoms with van der Waals surface area (Å²) in [6.07, 6.45) is -0.687. The van der Waals surface area contributed by atoms with Gasteiger partial charge in [0, 0.05) is 12.7 Å². The molecular weight excluding hydrogens is 370 g/mol. The van der Waals surface area contributed by atoms with Crippen molar-refractivity contribution in [3.05, 3.63) is 47.5 Å². The SMILES string of the molecule is CNC(=O)C1CN(CC(=O)Nc2ccc(OC)c(Cl)c2)c2ccccc2O1. The minimum absolute atomic E-state index is 0.0670. The van der Waals surface area contributed by atoms with Gasteiger partial charge in [-0.2, -0.15) is 0 Å². The third kappa shape index (κ3) is 4.25. The van der Waals surface area contributed by atoms with E-state index in [4.69, 9.17) is 21.1 Å². The zero-order valence-corrected chi connectivity index (χ0v) is 15.7. The number of para-hydroxylation sites is 2. The van der Waals surface area contributed by atoms with Crippen LogP contribution in [0.5, 0.6) is 11.5 Å². The van der Waals surface area contributed by atoms with Crippen molar-refractivity contribution in [3.63, 3.8) is 0 Å². The van der Waals surface area contributed by atoms with Crippen molar-refractivity contribution in [3.8, 4) is 11.5 Å². The molecule has 27 heavy (non-hydrogen) atoms. The van der Waals surface area contributed by atoms with Crippen LogP contribution in [0.3, 0.4) is 0 Å². The number of nitrogens with zero attached hydrogens (tertiary/aromatic N) is 1. The monoisotopic (exact) mass is 389 g/mol. The molecule has 1 aliphatic rings. The zero-order valence-electron chi connectivity index (χ0n) is 15.0. The fourth-order valence-corrected chi connectivity index (χ4v) is 3.13. The van der Waals surface area contributed by atoms with E-state index >= 15 is 0 Å². The van der Waals surface area contributed by atoms with Crippen molar-refractivity contribution in [2.24, 2.45) is 0 Å². The van der Waals surface area contributed by atoms with Gasteiger partial charge in [0.05, 0.1) is 30.9 Å². The number of carbonyl (C=O) groups is 2. The quantitative estimate of drug-likeness (QED) is 0.820. The first-order valence-electron chi connectivity index (χ1n) is 8.37. The third-order valence-electron chi connectivity index (χ3n) is 4.17.